The largest absolute Gasteiger partial charge is 0.479 e. The van der Waals surface area contributed by atoms with Gasteiger partial charge in [0, 0.05) is 10.6 Å². The molecule has 1 aliphatic carbocycles. The lowest BCUT2D eigenvalue weighted by atomic mass is 9.76. The van der Waals surface area contributed by atoms with Crippen molar-refractivity contribution in [2.75, 3.05) is 0 Å². The van der Waals surface area contributed by atoms with Crippen LogP contribution in [-0.4, -0.2) is 31.3 Å². The summed E-state index contributed by atoms with van der Waals surface area (Å²) in [7, 11) is 0. The highest BCUT2D eigenvalue weighted by atomic mass is 35.5. The summed E-state index contributed by atoms with van der Waals surface area (Å²) in [6, 6.07) is 7.06. The zero-order valence-corrected chi connectivity index (χ0v) is 10.7. The van der Waals surface area contributed by atoms with Crippen molar-refractivity contribution < 1.29 is 9.90 Å². The van der Waals surface area contributed by atoms with E-state index in [9.17, 15) is 9.90 Å². The summed E-state index contributed by atoms with van der Waals surface area (Å²) in [4.78, 5) is 11.5. The number of aromatic nitrogens is 4. The van der Waals surface area contributed by atoms with E-state index in [-0.39, 0.29) is 0 Å². The number of nitrogens with zero attached hydrogens (tertiary/aromatic N) is 4. The maximum atomic E-state index is 11.5. The van der Waals surface area contributed by atoms with E-state index in [0.717, 1.165) is 6.42 Å². The Labute approximate surface area is 114 Å². The van der Waals surface area contributed by atoms with Crippen molar-refractivity contribution in [1.29, 1.82) is 0 Å². The molecule has 0 amide bonds. The molecule has 1 heterocycles. The smallest absolute Gasteiger partial charge is 0.331 e. The van der Waals surface area contributed by atoms with E-state index < -0.39 is 11.5 Å². The third-order valence-electron chi connectivity index (χ3n) is 3.54. The molecule has 1 aromatic heterocycles. The van der Waals surface area contributed by atoms with E-state index in [1.807, 2.05) is 6.07 Å². The third kappa shape index (κ3) is 1.79. The number of rotatable bonds is 3. The minimum atomic E-state index is -1.01. The van der Waals surface area contributed by atoms with Gasteiger partial charge in [-0.15, -0.1) is 5.10 Å². The highest BCUT2D eigenvalue weighted by Crippen LogP contribution is 2.40. The van der Waals surface area contributed by atoms with Crippen LogP contribution >= 0.6 is 11.6 Å². The van der Waals surface area contributed by atoms with Crippen molar-refractivity contribution in [3.8, 4) is 11.4 Å². The monoisotopic (exact) mass is 278 g/mol. The summed E-state index contributed by atoms with van der Waals surface area (Å²) < 4.78 is 1.41. The van der Waals surface area contributed by atoms with Crippen molar-refractivity contribution in [2.24, 2.45) is 0 Å². The molecule has 1 fully saturated rings. The second kappa shape index (κ2) is 4.31. The zero-order valence-electron chi connectivity index (χ0n) is 9.95. The number of hydrogen-bond donors (Lipinski definition) is 1. The van der Waals surface area contributed by atoms with E-state index in [2.05, 4.69) is 15.5 Å². The summed E-state index contributed by atoms with van der Waals surface area (Å²) in [6.45, 7) is 0. The fraction of sp³-hybridized carbons (Fsp3) is 0.333. The van der Waals surface area contributed by atoms with Crippen molar-refractivity contribution in [3.05, 3.63) is 29.3 Å². The van der Waals surface area contributed by atoms with Crippen LogP contribution in [-0.2, 0) is 10.3 Å². The highest BCUT2D eigenvalue weighted by molar-refractivity contribution is 6.30. The molecule has 0 atom stereocenters. The highest BCUT2D eigenvalue weighted by Gasteiger charge is 2.49. The number of aliphatic carboxylic acids is 1. The van der Waals surface area contributed by atoms with Crippen LogP contribution in [0.25, 0.3) is 11.4 Å². The first-order valence-corrected chi connectivity index (χ1v) is 6.29. The number of benzene rings is 1. The Morgan fingerprint density at radius 2 is 2.21 bits per heavy atom. The van der Waals surface area contributed by atoms with Gasteiger partial charge < -0.3 is 5.11 Å². The average molecular weight is 279 g/mol. The standard InChI is InChI=1S/C12H11ClN4O2/c13-9-4-1-3-8(7-9)10-14-15-16-17(10)12(11(18)19)5-2-6-12/h1,3-4,7H,2,5-6H2,(H,18,19). The summed E-state index contributed by atoms with van der Waals surface area (Å²) in [5.74, 6) is -0.459. The first kappa shape index (κ1) is 12.1. The molecule has 1 saturated carbocycles. The predicted octanol–water partition coefficient (Wildman–Crippen LogP) is 1.96. The number of tetrazole rings is 1. The van der Waals surface area contributed by atoms with Gasteiger partial charge in [-0.2, -0.15) is 0 Å². The van der Waals surface area contributed by atoms with Gasteiger partial charge in [0.05, 0.1) is 0 Å². The van der Waals surface area contributed by atoms with Crippen LogP contribution in [0, 0.1) is 0 Å². The minimum Gasteiger partial charge on any atom is -0.479 e. The Morgan fingerprint density at radius 1 is 1.42 bits per heavy atom. The van der Waals surface area contributed by atoms with Crippen LogP contribution in [0.4, 0.5) is 0 Å². The van der Waals surface area contributed by atoms with Gasteiger partial charge in [0.2, 0.25) is 0 Å². The maximum Gasteiger partial charge on any atom is 0.331 e. The number of hydrogen-bond acceptors (Lipinski definition) is 4. The molecule has 0 aliphatic heterocycles. The Balaban J connectivity index is 2.11. The number of carboxylic acid groups (broad SMARTS) is 1. The fourth-order valence-electron chi connectivity index (χ4n) is 2.31. The third-order valence-corrected chi connectivity index (χ3v) is 3.77. The van der Waals surface area contributed by atoms with Crippen LogP contribution in [0.15, 0.2) is 24.3 Å². The van der Waals surface area contributed by atoms with Crippen LogP contribution in [0.3, 0.4) is 0 Å². The zero-order chi connectivity index (χ0) is 13.5. The Bertz CT molecular complexity index is 636. The molecular formula is C12H11ClN4O2. The lowest BCUT2D eigenvalue weighted by molar-refractivity contribution is -0.153. The molecule has 0 radical (unpaired) electrons. The van der Waals surface area contributed by atoms with Gasteiger partial charge in [0.1, 0.15) is 0 Å². The first-order valence-electron chi connectivity index (χ1n) is 5.92. The molecule has 1 N–H and O–H groups in total. The fourth-order valence-corrected chi connectivity index (χ4v) is 2.50. The number of halogens is 1. The Morgan fingerprint density at radius 3 is 2.79 bits per heavy atom. The summed E-state index contributed by atoms with van der Waals surface area (Å²) in [6.07, 6.45) is 1.95. The number of carbonyl (C=O) groups is 1. The van der Waals surface area contributed by atoms with Crippen molar-refractivity contribution in [1.82, 2.24) is 20.2 Å². The molecule has 0 bridgehead atoms. The molecule has 7 heteroatoms. The van der Waals surface area contributed by atoms with Gasteiger partial charge in [0.15, 0.2) is 11.4 Å². The van der Waals surface area contributed by atoms with Crippen molar-refractivity contribution >= 4 is 17.6 Å². The second-order valence-electron chi connectivity index (χ2n) is 4.61. The molecule has 98 valence electrons. The number of carboxylic acids is 1. The van der Waals surface area contributed by atoms with Gasteiger partial charge in [0.25, 0.3) is 0 Å². The molecule has 2 aromatic rings. The van der Waals surface area contributed by atoms with E-state index in [4.69, 9.17) is 11.6 Å². The maximum absolute atomic E-state index is 11.5. The van der Waals surface area contributed by atoms with Gasteiger partial charge in [-0.1, -0.05) is 23.7 Å². The molecule has 0 saturated heterocycles. The predicted molar refractivity (Wildman–Crippen MR) is 67.7 cm³/mol. The van der Waals surface area contributed by atoms with Crippen LogP contribution < -0.4 is 0 Å². The van der Waals surface area contributed by atoms with Gasteiger partial charge >= 0.3 is 5.97 Å². The Hall–Kier alpha value is -1.95. The van der Waals surface area contributed by atoms with Gasteiger partial charge in [-0.25, -0.2) is 9.48 Å². The molecule has 0 spiro atoms. The van der Waals surface area contributed by atoms with Crippen LogP contribution in [0.5, 0.6) is 0 Å². The summed E-state index contributed by atoms with van der Waals surface area (Å²) >= 11 is 5.94. The average Bonchev–Trinajstić information content (AvgIpc) is 2.76. The van der Waals surface area contributed by atoms with Gasteiger partial charge in [-0.3, -0.25) is 0 Å². The van der Waals surface area contributed by atoms with Crippen molar-refractivity contribution in [2.45, 2.75) is 24.8 Å². The SMILES string of the molecule is O=C(O)C1(n2nnnc2-c2cccc(Cl)c2)CCC1. The molecule has 19 heavy (non-hydrogen) atoms. The molecule has 6 nitrogen and oxygen atoms in total. The molecule has 0 unspecified atom stereocenters. The van der Waals surface area contributed by atoms with Crippen LogP contribution in [0.2, 0.25) is 5.02 Å². The van der Waals surface area contributed by atoms with E-state index >= 15 is 0 Å². The minimum absolute atomic E-state index is 0.435. The van der Waals surface area contributed by atoms with Crippen molar-refractivity contribution in [3.63, 3.8) is 0 Å². The molecule has 1 aliphatic rings. The van der Waals surface area contributed by atoms with Gasteiger partial charge in [-0.05, 0) is 41.8 Å². The second-order valence-corrected chi connectivity index (χ2v) is 5.05. The Kier molecular flexibility index (Phi) is 2.74. The van der Waals surface area contributed by atoms with E-state index in [0.29, 0.717) is 29.3 Å². The summed E-state index contributed by atoms with van der Waals surface area (Å²) in [5, 5.41) is 21.4. The van der Waals surface area contributed by atoms with Crippen LogP contribution in [0.1, 0.15) is 19.3 Å². The normalized spacial score (nSPS) is 16.9. The molecule has 3 rings (SSSR count). The topological polar surface area (TPSA) is 80.9 Å². The molecule has 1 aromatic carbocycles. The first-order chi connectivity index (χ1) is 9.13. The quantitative estimate of drug-likeness (QED) is 0.928. The lowest BCUT2D eigenvalue weighted by Gasteiger charge is -2.37. The van der Waals surface area contributed by atoms with E-state index in [1.54, 1.807) is 18.2 Å². The summed E-state index contributed by atoms with van der Waals surface area (Å²) in [5.41, 5.74) is -0.300. The van der Waals surface area contributed by atoms with E-state index in [1.165, 1.54) is 4.68 Å². The molecular weight excluding hydrogens is 268 g/mol. The lowest BCUT2D eigenvalue weighted by Crippen LogP contribution is -2.48.